The summed E-state index contributed by atoms with van der Waals surface area (Å²) in [5, 5.41) is 0. The Kier molecular flexibility index (Phi) is 6.08. The maximum Gasteiger partial charge on any atom is 0.269 e. The van der Waals surface area contributed by atoms with Crippen LogP contribution in [0.5, 0.6) is 0 Å². The minimum Gasteiger partial charge on any atom is -0.173 e. The molecule has 2 aliphatic rings. The molecule has 0 nitrogen and oxygen atoms in total. The van der Waals surface area contributed by atoms with Gasteiger partial charge in [0.1, 0.15) is 0 Å². The van der Waals surface area contributed by atoms with Crippen molar-refractivity contribution in [2.45, 2.75) is 83.0 Å². The van der Waals surface area contributed by atoms with Crippen LogP contribution in [-0.2, 0) is 0 Å². The zero-order valence-corrected chi connectivity index (χ0v) is 14.9. The van der Waals surface area contributed by atoms with E-state index >= 15 is 0 Å². The lowest BCUT2D eigenvalue weighted by atomic mass is 9.74. The summed E-state index contributed by atoms with van der Waals surface area (Å²) in [6, 6.07) is 8.87. The summed E-state index contributed by atoms with van der Waals surface area (Å²) in [5.74, 6) is 1.97. The lowest BCUT2D eigenvalue weighted by Gasteiger charge is -2.30. The average Bonchev–Trinajstić information content (AvgIpc) is 2.55. The highest BCUT2D eigenvalue weighted by atomic mass is 19.3. The van der Waals surface area contributed by atoms with E-state index in [1.807, 2.05) is 0 Å². The number of hydrogen-bond acceptors (Lipinski definition) is 0. The van der Waals surface area contributed by atoms with Gasteiger partial charge in [-0.2, -0.15) is 8.78 Å². The Labute approximate surface area is 145 Å². The molecule has 24 heavy (non-hydrogen) atoms. The van der Waals surface area contributed by atoms with Gasteiger partial charge in [-0.1, -0.05) is 56.9 Å². The summed E-state index contributed by atoms with van der Waals surface area (Å²) < 4.78 is 25.0. The highest BCUT2D eigenvalue weighted by Gasteiger charge is 2.28. The predicted octanol–water partition coefficient (Wildman–Crippen LogP) is 7.57. The number of allylic oxidation sites excluding steroid dienone is 1. The highest BCUT2D eigenvalue weighted by molar-refractivity contribution is 5.33. The lowest BCUT2D eigenvalue weighted by molar-refractivity contribution is 0.302. The van der Waals surface area contributed by atoms with Gasteiger partial charge in [-0.05, 0) is 73.0 Å². The molecule has 0 aromatic heterocycles. The van der Waals surface area contributed by atoms with Gasteiger partial charge in [-0.25, -0.2) is 0 Å². The standard InChI is InChI=1S/C22H30F2/c1-2-3-4-5-16-6-8-17(9-7-16)18-10-12-19(13-11-18)20-14-21(15-20)22(23)24/h10-13,16-17,20H,2-9,14-15H2,1H3. The van der Waals surface area contributed by atoms with Crippen LogP contribution in [0.1, 0.15) is 94.1 Å². The molecule has 132 valence electrons. The molecule has 2 aliphatic carbocycles. The first-order valence-corrected chi connectivity index (χ1v) is 9.80. The minimum absolute atomic E-state index is 0.310. The molecule has 2 saturated carbocycles. The SMILES string of the molecule is CCCCCC1CCC(c2ccc(C3CC(=C(F)F)C3)cc2)CC1. The number of halogens is 2. The third-order valence-electron chi connectivity index (χ3n) is 6.19. The molecule has 0 heterocycles. The van der Waals surface area contributed by atoms with Crippen molar-refractivity contribution in [1.29, 1.82) is 0 Å². The fraction of sp³-hybridized carbons (Fsp3) is 0.636. The van der Waals surface area contributed by atoms with Crippen molar-refractivity contribution in [3.05, 3.63) is 47.0 Å². The molecule has 0 radical (unpaired) electrons. The molecule has 3 rings (SSSR count). The number of unbranched alkanes of at least 4 members (excludes halogenated alkanes) is 2. The molecule has 0 spiro atoms. The molecule has 0 amide bonds. The fourth-order valence-electron chi connectivity index (χ4n) is 4.43. The lowest BCUT2D eigenvalue weighted by Crippen LogP contribution is -2.15. The van der Waals surface area contributed by atoms with E-state index in [1.165, 1.54) is 62.5 Å². The fourth-order valence-corrected chi connectivity index (χ4v) is 4.43. The van der Waals surface area contributed by atoms with E-state index in [1.54, 1.807) is 0 Å². The number of rotatable bonds is 6. The molecule has 0 bridgehead atoms. The van der Waals surface area contributed by atoms with Crippen molar-refractivity contribution in [3.8, 4) is 0 Å². The minimum atomic E-state index is -1.46. The normalized spacial score (nSPS) is 27.0. The maximum atomic E-state index is 12.5. The zero-order valence-electron chi connectivity index (χ0n) is 14.9. The first-order chi connectivity index (χ1) is 11.7. The Morgan fingerprint density at radius 3 is 2.00 bits per heavy atom. The summed E-state index contributed by atoms with van der Waals surface area (Å²) in [4.78, 5) is 0. The highest BCUT2D eigenvalue weighted by Crippen LogP contribution is 2.44. The van der Waals surface area contributed by atoms with Gasteiger partial charge >= 0.3 is 0 Å². The van der Waals surface area contributed by atoms with Gasteiger partial charge in [-0.3, -0.25) is 0 Å². The van der Waals surface area contributed by atoms with Crippen LogP contribution < -0.4 is 0 Å². The van der Waals surface area contributed by atoms with Crippen molar-refractivity contribution < 1.29 is 8.78 Å². The molecule has 0 atom stereocenters. The zero-order chi connectivity index (χ0) is 16.9. The van der Waals surface area contributed by atoms with Gasteiger partial charge in [0.05, 0.1) is 0 Å². The average molecular weight is 332 g/mol. The van der Waals surface area contributed by atoms with E-state index in [-0.39, 0.29) is 0 Å². The largest absolute Gasteiger partial charge is 0.269 e. The van der Waals surface area contributed by atoms with E-state index < -0.39 is 6.08 Å². The van der Waals surface area contributed by atoms with Gasteiger partial charge < -0.3 is 0 Å². The Morgan fingerprint density at radius 2 is 1.46 bits per heavy atom. The van der Waals surface area contributed by atoms with E-state index in [9.17, 15) is 8.78 Å². The molecule has 1 aromatic carbocycles. The van der Waals surface area contributed by atoms with Gasteiger partial charge in [0.15, 0.2) is 0 Å². The predicted molar refractivity (Wildman–Crippen MR) is 96.5 cm³/mol. The molecule has 0 N–H and O–H groups in total. The van der Waals surface area contributed by atoms with Crippen molar-refractivity contribution in [2.75, 3.05) is 0 Å². The van der Waals surface area contributed by atoms with E-state index in [2.05, 4.69) is 31.2 Å². The first-order valence-electron chi connectivity index (χ1n) is 9.80. The summed E-state index contributed by atoms with van der Waals surface area (Å²) in [5.41, 5.74) is 3.04. The van der Waals surface area contributed by atoms with Crippen molar-refractivity contribution in [1.82, 2.24) is 0 Å². The second kappa shape index (κ2) is 8.27. The number of benzene rings is 1. The topological polar surface area (TPSA) is 0 Å². The Morgan fingerprint density at radius 1 is 0.875 bits per heavy atom. The van der Waals surface area contributed by atoms with Crippen LogP contribution in [0.25, 0.3) is 0 Å². The van der Waals surface area contributed by atoms with Gasteiger partial charge in [0, 0.05) is 0 Å². The number of hydrogen-bond donors (Lipinski definition) is 0. The molecule has 2 heteroatoms. The summed E-state index contributed by atoms with van der Waals surface area (Å²) >= 11 is 0. The van der Waals surface area contributed by atoms with Crippen LogP contribution in [0, 0.1) is 5.92 Å². The molecule has 1 aromatic rings. The van der Waals surface area contributed by atoms with Crippen molar-refractivity contribution in [2.24, 2.45) is 5.92 Å². The first kappa shape index (κ1) is 17.6. The van der Waals surface area contributed by atoms with Crippen molar-refractivity contribution >= 4 is 0 Å². The van der Waals surface area contributed by atoms with Gasteiger partial charge in [-0.15, -0.1) is 0 Å². The summed E-state index contributed by atoms with van der Waals surface area (Å²) in [6.45, 7) is 2.27. The van der Waals surface area contributed by atoms with E-state index in [4.69, 9.17) is 0 Å². The summed E-state index contributed by atoms with van der Waals surface area (Å²) in [7, 11) is 0. The summed E-state index contributed by atoms with van der Waals surface area (Å²) in [6.07, 6.45) is 10.5. The van der Waals surface area contributed by atoms with Crippen LogP contribution in [-0.4, -0.2) is 0 Å². The van der Waals surface area contributed by atoms with Gasteiger partial charge in [0.25, 0.3) is 6.08 Å². The molecule has 0 saturated heterocycles. The second-order valence-electron chi connectivity index (χ2n) is 7.85. The van der Waals surface area contributed by atoms with Crippen LogP contribution in [0.3, 0.4) is 0 Å². The smallest absolute Gasteiger partial charge is 0.173 e. The quantitative estimate of drug-likeness (QED) is 0.471. The van der Waals surface area contributed by atoms with Crippen LogP contribution >= 0.6 is 0 Å². The van der Waals surface area contributed by atoms with E-state index in [0.29, 0.717) is 30.3 Å². The maximum absolute atomic E-state index is 12.5. The van der Waals surface area contributed by atoms with Gasteiger partial charge in [0.2, 0.25) is 0 Å². The monoisotopic (exact) mass is 332 g/mol. The van der Waals surface area contributed by atoms with E-state index in [0.717, 1.165) is 5.92 Å². The molecule has 2 fully saturated rings. The second-order valence-corrected chi connectivity index (χ2v) is 7.85. The third kappa shape index (κ3) is 4.26. The molecular formula is C22H30F2. The van der Waals surface area contributed by atoms with Crippen LogP contribution in [0.15, 0.2) is 35.9 Å². The van der Waals surface area contributed by atoms with Crippen molar-refractivity contribution in [3.63, 3.8) is 0 Å². The molecule has 0 unspecified atom stereocenters. The van der Waals surface area contributed by atoms with Crippen LogP contribution in [0.4, 0.5) is 8.78 Å². The Hall–Kier alpha value is -1.18. The molecule has 0 aliphatic heterocycles. The third-order valence-corrected chi connectivity index (χ3v) is 6.19. The van der Waals surface area contributed by atoms with Crippen LogP contribution in [0.2, 0.25) is 0 Å². The Balaban J connectivity index is 1.48. The molecular weight excluding hydrogens is 302 g/mol. The Bertz CT molecular complexity index is 538.